The molecule has 2 aromatic rings. The minimum Gasteiger partial charge on any atom is -0.465 e. The highest BCUT2D eigenvalue weighted by atomic mass is 32.2. The van der Waals surface area contributed by atoms with E-state index in [1.165, 1.54) is 7.11 Å². The third-order valence-corrected chi connectivity index (χ3v) is 4.98. The highest BCUT2D eigenvalue weighted by Crippen LogP contribution is 2.21. The van der Waals surface area contributed by atoms with Crippen LogP contribution >= 0.6 is 11.3 Å². The molecule has 0 aliphatic rings. The Balaban J connectivity index is 2.33. The maximum atomic E-state index is 11.6. The van der Waals surface area contributed by atoms with Crippen LogP contribution in [0.2, 0.25) is 0 Å². The van der Waals surface area contributed by atoms with Crippen molar-refractivity contribution in [3.63, 3.8) is 0 Å². The number of hydrogen-bond donors (Lipinski definition) is 1. The highest BCUT2D eigenvalue weighted by Gasteiger charge is 2.20. The molecule has 0 saturated heterocycles. The second-order valence-electron chi connectivity index (χ2n) is 4.59. The highest BCUT2D eigenvalue weighted by molar-refractivity contribution is 7.85. The topological polar surface area (TPSA) is 84.5 Å². The smallest absolute Gasteiger partial charge is 0.338 e. The molecule has 1 N–H and O–H groups in total. The van der Waals surface area contributed by atoms with Crippen molar-refractivity contribution < 1.29 is 27.1 Å². The van der Waals surface area contributed by atoms with Crippen LogP contribution in [0, 0.1) is 6.92 Å². The molecule has 8 heteroatoms. The van der Waals surface area contributed by atoms with Crippen LogP contribution in [0.3, 0.4) is 0 Å². The number of aromatic nitrogens is 1. The summed E-state index contributed by atoms with van der Waals surface area (Å²) in [6.45, 7) is 2.38. The average Bonchev–Trinajstić information content (AvgIpc) is 2.72. The second kappa shape index (κ2) is 6.08. The van der Waals surface area contributed by atoms with Crippen molar-refractivity contribution in [3.05, 3.63) is 28.8 Å². The minimum atomic E-state index is -3.95. The monoisotopic (exact) mass is 330 g/mol. The summed E-state index contributed by atoms with van der Waals surface area (Å²) < 4.78 is 38.0. The molecule has 114 valence electrons. The van der Waals surface area contributed by atoms with E-state index >= 15 is 0 Å². The zero-order valence-corrected chi connectivity index (χ0v) is 13.3. The summed E-state index contributed by atoms with van der Waals surface area (Å²) in [5, 5.41) is 1.00. The van der Waals surface area contributed by atoms with Gasteiger partial charge in [0.05, 0.1) is 18.4 Å². The molecule has 0 spiro atoms. The molecule has 21 heavy (non-hydrogen) atoms. The first kappa shape index (κ1) is 15.9. The zero-order valence-electron chi connectivity index (χ0n) is 11.7. The van der Waals surface area contributed by atoms with Gasteiger partial charge in [-0.3, -0.25) is 4.55 Å². The van der Waals surface area contributed by atoms with E-state index in [4.69, 9.17) is 9.29 Å². The third kappa shape index (κ3) is 3.78. The minimum absolute atomic E-state index is 0.284. The molecule has 0 bridgehead atoms. The molecule has 0 amide bonds. The summed E-state index contributed by atoms with van der Waals surface area (Å²) in [6.07, 6.45) is 0.304. The van der Waals surface area contributed by atoms with Crippen LogP contribution in [0.5, 0.6) is 0 Å². The summed E-state index contributed by atoms with van der Waals surface area (Å²) in [4.78, 5) is 11.6. The Morgan fingerprint density at radius 3 is 2.76 bits per heavy atom. The van der Waals surface area contributed by atoms with Crippen LogP contribution in [0.25, 0.3) is 10.2 Å². The van der Waals surface area contributed by atoms with Crippen molar-refractivity contribution in [2.45, 2.75) is 19.9 Å². The number of methoxy groups -OCH3 is 1. The summed E-state index contributed by atoms with van der Waals surface area (Å²) in [6, 6.07) is 5.28. The molecule has 0 aliphatic heterocycles. The summed E-state index contributed by atoms with van der Waals surface area (Å²) >= 11 is 1.56. The standard InChI is InChI=1S/C13H15NO5S2/c1-9-14(6-3-7-21(16,17)18)11-8-10(13(15)19-2)4-5-12(11)20-9/h4-5,8H,3,6-7H2,1-2H3/p+1. The van der Waals surface area contributed by atoms with Crippen LogP contribution < -0.4 is 4.57 Å². The van der Waals surface area contributed by atoms with Gasteiger partial charge in [0, 0.05) is 19.4 Å². The van der Waals surface area contributed by atoms with Gasteiger partial charge in [-0.15, -0.1) is 0 Å². The summed E-state index contributed by atoms with van der Waals surface area (Å²) in [7, 11) is -2.63. The van der Waals surface area contributed by atoms with E-state index in [9.17, 15) is 13.2 Å². The van der Waals surface area contributed by atoms with Gasteiger partial charge in [-0.2, -0.15) is 13.0 Å². The quantitative estimate of drug-likeness (QED) is 0.511. The Morgan fingerprint density at radius 2 is 2.14 bits per heavy atom. The van der Waals surface area contributed by atoms with Crippen LogP contribution in [0.1, 0.15) is 21.8 Å². The van der Waals surface area contributed by atoms with Crippen molar-refractivity contribution in [3.8, 4) is 0 Å². The van der Waals surface area contributed by atoms with Crippen molar-refractivity contribution in [2.75, 3.05) is 12.9 Å². The van der Waals surface area contributed by atoms with Gasteiger partial charge in [-0.05, 0) is 12.1 Å². The van der Waals surface area contributed by atoms with Gasteiger partial charge >= 0.3 is 5.97 Å². The molecule has 1 aromatic heterocycles. The van der Waals surface area contributed by atoms with Crippen LogP contribution in [-0.2, 0) is 21.4 Å². The number of carbonyl (C=O) groups excluding carboxylic acids is 1. The molecular weight excluding hydrogens is 314 g/mol. The Morgan fingerprint density at radius 1 is 1.43 bits per heavy atom. The largest absolute Gasteiger partial charge is 0.465 e. The number of ether oxygens (including phenoxy) is 1. The van der Waals surface area contributed by atoms with Gasteiger partial charge in [0.2, 0.25) is 10.5 Å². The first-order valence-electron chi connectivity index (χ1n) is 6.28. The van der Waals surface area contributed by atoms with Gasteiger partial charge in [0.25, 0.3) is 10.1 Å². The molecule has 0 atom stereocenters. The molecule has 2 rings (SSSR count). The SMILES string of the molecule is COC(=O)c1ccc2sc(C)[n+](CCCS(=O)(=O)O)c2c1. The maximum absolute atomic E-state index is 11.6. The fourth-order valence-electron chi connectivity index (χ4n) is 2.13. The first-order chi connectivity index (χ1) is 9.81. The lowest BCUT2D eigenvalue weighted by Crippen LogP contribution is -2.36. The molecule has 0 saturated carbocycles. The number of nitrogens with zero attached hydrogens (tertiary/aromatic N) is 1. The van der Waals surface area contributed by atoms with Gasteiger partial charge in [-0.1, -0.05) is 11.3 Å². The second-order valence-corrected chi connectivity index (χ2v) is 7.39. The Kier molecular flexibility index (Phi) is 4.60. The molecule has 1 heterocycles. The molecule has 6 nitrogen and oxygen atoms in total. The van der Waals surface area contributed by atoms with Gasteiger partial charge in [0.1, 0.15) is 4.70 Å². The molecule has 0 radical (unpaired) electrons. The fraction of sp³-hybridized carbons (Fsp3) is 0.385. The first-order valence-corrected chi connectivity index (χ1v) is 8.71. The van der Waals surface area contributed by atoms with Gasteiger partial charge in [0.15, 0.2) is 6.54 Å². The number of thiazole rings is 1. The lowest BCUT2D eigenvalue weighted by Gasteiger charge is -1.99. The number of esters is 1. The molecule has 0 fully saturated rings. The van der Waals surface area contributed by atoms with Crippen molar-refractivity contribution >= 4 is 37.6 Å². The number of benzene rings is 1. The van der Waals surface area contributed by atoms with Crippen molar-refractivity contribution in [2.24, 2.45) is 0 Å². The fourth-order valence-corrected chi connectivity index (χ4v) is 3.65. The number of rotatable bonds is 5. The van der Waals surface area contributed by atoms with E-state index in [-0.39, 0.29) is 5.75 Å². The zero-order chi connectivity index (χ0) is 15.6. The summed E-state index contributed by atoms with van der Waals surface area (Å²) in [5.41, 5.74) is 1.31. The number of fused-ring (bicyclic) bond motifs is 1. The molecule has 1 aromatic carbocycles. The van der Waals surface area contributed by atoms with Crippen LogP contribution in [0.4, 0.5) is 0 Å². The van der Waals surface area contributed by atoms with Gasteiger partial charge in [-0.25, -0.2) is 4.79 Å². The van der Waals surface area contributed by atoms with E-state index in [0.29, 0.717) is 18.5 Å². The Bertz CT molecular complexity index is 779. The van der Waals surface area contributed by atoms with Crippen LogP contribution in [-0.4, -0.2) is 31.8 Å². The van der Waals surface area contributed by atoms with Crippen molar-refractivity contribution in [1.82, 2.24) is 0 Å². The molecule has 0 aliphatic carbocycles. The van der Waals surface area contributed by atoms with E-state index in [1.54, 1.807) is 23.5 Å². The number of carbonyl (C=O) groups is 1. The third-order valence-electron chi connectivity index (χ3n) is 3.09. The van der Waals surface area contributed by atoms with Crippen LogP contribution in [0.15, 0.2) is 18.2 Å². The lowest BCUT2D eigenvalue weighted by molar-refractivity contribution is -0.672. The maximum Gasteiger partial charge on any atom is 0.338 e. The molecular formula is C13H16NO5S2+. The summed E-state index contributed by atoms with van der Waals surface area (Å²) in [5.74, 6) is -0.696. The van der Waals surface area contributed by atoms with E-state index in [0.717, 1.165) is 15.2 Å². The predicted molar refractivity (Wildman–Crippen MR) is 79.1 cm³/mol. The normalized spacial score (nSPS) is 11.8. The van der Waals surface area contributed by atoms with E-state index in [2.05, 4.69) is 0 Å². The number of aryl methyl sites for hydroxylation is 2. The molecule has 0 unspecified atom stereocenters. The van der Waals surface area contributed by atoms with E-state index < -0.39 is 16.1 Å². The lowest BCUT2D eigenvalue weighted by atomic mass is 10.2. The number of hydrogen-bond acceptors (Lipinski definition) is 5. The van der Waals surface area contributed by atoms with Crippen molar-refractivity contribution in [1.29, 1.82) is 0 Å². The Labute approximate surface area is 126 Å². The van der Waals surface area contributed by atoms with Gasteiger partial charge < -0.3 is 4.74 Å². The average molecular weight is 330 g/mol. The van der Waals surface area contributed by atoms with E-state index in [1.807, 2.05) is 17.6 Å². The Hall–Kier alpha value is -1.51. The predicted octanol–water partition coefficient (Wildman–Crippen LogP) is 1.56.